The van der Waals surface area contributed by atoms with E-state index >= 15 is 0 Å². The molecule has 0 aromatic heterocycles. The number of hydrogen-bond donors (Lipinski definition) is 2. The van der Waals surface area contributed by atoms with Gasteiger partial charge in [0.05, 0.1) is 19.8 Å². The van der Waals surface area contributed by atoms with Crippen LogP contribution in [-0.4, -0.2) is 65.0 Å². The average Bonchev–Trinajstić information content (AvgIpc) is 3.36. The van der Waals surface area contributed by atoms with Gasteiger partial charge in [-0.2, -0.15) is 0 Å². The van der Waals surface area contributed by atoms with Crippen molar-refractivity contribution in [3.05, 3.63) is 54.1 Å². The third-order valence-electron chi connectivity index (χ3n) is 5.60. The molecule has 0 bridgehead atoms. The van der Waals surface area contributed by atoms with Crippen LogP contribution in [0.4, 0.5) is 5.69 Å². The van der Waals surface area contributed by atoms with Gasteiger partial charge in [-0.25, -0.2) is 0 Å². The summed E-state index contributed by atoms with van der Waals surface area (Å²) >= 11 is 0. The van der Waals surface area contributed by atoms with Crippen molar-refractivity contribution < 1.29 is 14.2 Å². The lowest BCUT2D eigenvalue weighted by molar-refractivity contribution is 0.172. The van der Waals surface area contributed by atoms with Gasteiger partial charge in [0.2, 0.25) is 0 Å². The number of methoxy groups -OCH3 is 2. The van der Waals surface area contributed by atoms with Crippen LogP contribution in [-0.2, 0) is 4.74 Å². The number of aliphatic imine (C=N–C) groups is 1. The Kier molecular flexibility index (Phi) is 12.3. The number of hydrogen-bond acceptors (Lipinski definition) is 5. The van der Waals surface area contributed by atoms with Crippen molar-refractivity contribution in [1.82, 2.24) is 10.2 Å². The van der Waals surface area contributed by atoms with Crippen LogP contribution in [0.25, 0.3) is 0 Å². The summed E-state index contributed by atoms with van der Waals surface area (Å²) in [6.07, 6.45) is 3.34. The maximum Gasteiger partial charge on any atom is 0.195 e. The molecule has 182 valence electrons. The Morgan fingerprint density at radius 3 is 2.52 bits per heavy atom. The topological polar surface area (TPSA) is 67.4 Å². The molecule has 33 heavy (non-hydrogen) atoms. The highest BCUT2D eigenvalue weighted by Gasteiger charge is 2.24. The van der Waals surface area contributed by atoms with E-state index in [1.807, 2.05) is 30.3 Å². The molecule has 0 aliphatic carbocycles. The zero-order chi connectivity index (χ0) is 22.6. The van der Waals surface area contributed by atoms with Crippen LogP contribution in [0.1, 0.15) is 30.9 Å². The van der Waals surface area contributed by atoms with Crippen molar-refractivity contribution in [1.29, 1.82) is 0 Å². The van der Waals surface area contributed by atoms with Crippen LogP contribution >= 0.6 is 24.0 Å². The van der Waals surface area contributed by atoms with Gasteiger partial charge in [-0.15, -0.1) is 24.0 Å². The number of halogens is 1. The maximum absolute atomic E-state index is 5.81. The van der Waals surface area contributed by atoms with Gasteiger partial charge < -0.3 is 24.8 Å². The van der Waals surface area contributed by atoms with Crippen molar-refractivity contribution >= 4 is 35.6 Å². The van der Waals surface area contributed by atoms with E-state index in [9.17, 15) is 0 Å². The second-order valence-electron chi connectivity index (χ2n) is 7.84. The average molecular weight is 569 g/mol. The largest absolute Gasteiger partial charge is 0.497 e. The molecule has 8 heteroatoms. The van der Waals surface area contributed by atoms with Crippen LogP contribution in [0.15, 0.2) is 53.5 Å². The molecule has 2 N–H and O–H groups in total. The first kappa shape index (κ1) is 27.2. The fourth-order valence-electron chi connectivity index (χ4n) is 3.93. The highest BCUT2D eigenvalue weighted by atomic mass is 127. The van der Waals surface area contributed by atoms with Gasteiger partial charge in [0.1, 0.15) is 11.5 Å². The van der Waals surface area contributed by atoms with Crippen LogP contribution < -0.4 is 20.1 Å². The van der Waals surface area contributed by atoms with Crippen LogP contribution in [0.2, 0.25) is 0 Å². The standard InChI is InChI=1S/C25H36N4O3.HI/c1-26-25(28-21-10-7-12-23(18-21)32-16-8-15-30-2)27-19-24(29-13-4-5-14-29)20-9-6-11-22(17-20)31-3;/h6-7,9-12,17-18,24H,4-5,8,13-16,19H2,1-3H3,(H2,26,27,28);1H. The summed E-state index contributed by atoms with van der Waals surface area (Å²) in [4.78, 5) is 6.95. The number of rotatable bonds is 11. The number of nitrogens with zero attached hydrogens (tertiary/aromatic N) is 2. The highest BCUT2D eigenvalue weighted by Crippen LogP contribution is 2.27. The monoisotopic (exact) mass is 568 g/mol. The first-order valence-corrected chi connectivity index (χ1v) is 11.3. The lowest BCUT2D eigenvalue weighted by atomic mass is 10.1. The normalized spacial score (nSPS) is 14.9. The summed E-state index contributed by atoms with van der Waals surface area (Å²) in [5.74, 6) is 2.44. The van der Waals surface area contributed by atoms with Gasteiger partial charge in [0.15, 0.2) is 5.96 Å². The maximum atomic E-state index is 5.81. The van der Waals surface area contributed by atoms with E-state index in [1.165, 1.54) is 18.4 Å². The van der Waals surface area contributed by atoms with Crippen molar-refractivity contribution in [3.8, 4) is 11.5 Å². The molecule has 1 unspecified atom stereocenters. The minimum Gasteiger partial charge on any atom is -0.497 e. The Hall–Kier alpha value is -2.04. The molecule has 1 aliphatic rings. The molecule has 0 radical (unpaired) electrons. The first-order valence-electron chi connectivity index (χ1n) is 11.3. The molecule has 1 heterocycles. The van der Waals surface area contributed by atoms with Crippen LogP contribution in [0.3, 0.4) is 0 Å². The lowest BCUT2D eigenvalue weighted by Crippen LogP contribution is -2.39. The number of ether oxygens (including phenoxy) is 3. The Labute approximate surface area is 214 Å². The molecule has 1 atom stereocenters. The van der Waals surface area contributed by atoms with Crippen LogP contribution in [0, 0.1) is 0 Å². The fraction of sp³-hybridized carbons (Fsp3) is 0.480. The molecule has 1 saturated heterocycles. The molecule has 0 saturated carbocycles. The van der Waals surface area contributed by atoms with Crippen molar-refractivity contribution in [2.45, 2.75) is 25.3 Å². The molecule has 1 fully saturated rings. The third kappa shape index (κ3) is 8.68. The molecule has 3 rings (SSSR count). The third-order valence-corrected chi connectivity index (χ3v) is 5.60. The highest BCUT2D eigenvalue weighted by molar-refractivity contribution is 14.0. The van der Waals surface area contributed by atoms with Gasteiger partial charge >= 0.3 is 0 Å². The van der Waals surface area contributed by atoms with Crippen LogP contribution in [0.5, 0.6) is 11.5 Å². The van der Waals surface area contributed by atoms with Crippen molar-refractivity contribution in [2.24, 2.45) is 4.99 Å². The summed E-state index contributed by atoms with van der Waals surface area (Å²) in [5, 5.41) is 6.89. The molecular formula is C25H37IN4O3. The number of benzene rings is 2. The molecular weight excluding hydrogens is 531 g/mol. The number of anilines is 1. The summed E-state index contributed by atoms with van der Waals surface area (Å²) in [7, 11) is 5.20. The van der Waals surface area contributed by atoms with Gasteiger partial charge in [-0.1, -0.05) is 18.2 Å². The van der Waals surface area contributed by atoms with E-state index in [-0.39, 0.29) is 30.0 Å². The second-order valence-corrected chi connectivity index (χ2v) is 7.84. The molecule has 2 aromatic carbocycles. The zero-order valence-electron chi connectivity index (χ0n) is 19.9. The predicted octanol–water partition coefficient (Wildman–Crippen LogP) is 4.55. The smallest absolute Gasteiger partial charge is 0.195 e. The lowest BCUT2D eigenvalue weighted by Gasteiger charge is -2.29. The first-order chi connectivity index (χ1) is 15.7. The van der Waals surface area contributed by atoms with Gasteiger partial charge in [0, 0.05) is 45.5 Å². The molecule has 0 spiro atoms. The Balaban J connectivity index is 0.00000385. The van der Waals surface area contributed by atoms with Crippen molar-refractivity contribution in [2.75, 3.05) is 59.4 Å². The van der Waals surface area contributed by atoms with E-state index in [4.69, 9.17) is 14.2 Å². The SMILES string of the molecule is CN=C(NCC(c1cccc(OC)c1)N1CCCC1)Nc1cccc(OCCCOC)c1.I. The molecule has 2 aromatic rings. The summed E-state index contributed by atoms with van der Waals surface area (Å²) < 4.78 is 16.3. The number of likely N-dealkylation sites (tertiary alicyclic amines) is 1. The fourth-order valence-corrected chi connectivity index (χ4v) is 3.93. The number of nitrogens with one attached hydrogen (secondary N) is 2. The number of guanidine groups is 1. The van der Waals surface area contributed by atoms with Crippen molar-refractivity contribution in [3.63, 3.8) is 0 Å². The Bertz CT molecular complexity index is 859. The quantitative estimate of drug-likeness (QED) is 0.180. The molecule has 0 amide bonds. The summed E-state index contributed by atoms with van der Waals surface area (Å²) in [5.41, 5.74) is 2.18. The zero-order valence-corrected chi connectivity index (χ0v) is 22.2. The van der Waals surface area contributed by atoms with E-state index < -0.39 is 0 Å². The van der Waals surface area contributed by atoms with E-state index in [1.54, 1.807) is 21.3 Å². The van der Waals surface area contributed by atoms with E-state index in [0.29, 0.717) is 13.2 Å². The van der Waals surface area contributed by atoms with Gasteiger partial charge in [-0.05, 0) is 55.8 Å². The minimum atomic E-state index is 0. The molecule has 7 nitrogen and oxygen atoms in total. The second kappa shape index (κ2) is 15.0. The van der Waals surface area contributed by atoms with Gasteiger partial charge in [0.25, 0.3) is 0 Å². The Morgan fingerprint density at radius 1 is 1.03 bits per heavy atom. The minimum absolute atomic E-state index is 0. The van der Waals surface area contributed by atoms with E-state index in [2.05, 4.69) is 38.7 Å². The summed E-state index contributed by atoms with van der Waals surface area (Å²) in [6, 6.07) is 16.5. The van der Waals surface area contributed by atoms with E-state index in [0.717, 1.165) is 49.2 Å². The molecule has 1 aliphatic heterocycles. The van der Waals surface area contributed by atoms with Gasteiger partial charge in [-0.3, -0.25) is 9.89 Å². The Morgan fingerprint density at radius 2 is 1.79 bits per heavy atom. The predicted molar refractivity (Wildman–Crippen MR) is 145 cm³/mol. The summed E-state index contributed by atoms with van der Waals surface area (Å²) in [6.45, 7) is 4.29.